The number of nitrogens with zero attached hydrogens (tertiary/aromatic N) is 2. The molecule has 0 saturated carbocycles. The number of aliphatic hydroxyl groups excluding tert-OH is 1. The molecular weight excluding hydrogens is 585 g/mol. The van der Waals surface area contributed by atoms with Crippen LogP contribution in [0.15, 0.2) is 146 Å². The SMILES string of the molecule is CO.Cc1ccc(N2c3ccccc3C(C)(C)c3ccccc32)cc1.Cc1ccc(N2c3ccccc3C(C)(C)c3ccccc32)cc1. The van der Waals surface area contributed by atoms with E-state index < -0.39 is 0 Å². The van der Waals surface area contributed by atoms with Crippen LogP contribution in [0.2, 0.25) is 0 Å². The summed E-state index contributed by atoms with van der Waals surface area (Å²) in [5.41, 5.74) is 15.6. The van der Waals surface area contributed by atoms with Gasteiger partial charge < -0.3 is 14.9 Å². The summed E-state index contributed by atoms with van der Waals surface area (Å²) in [6.45, 7) is 13.5. The van der Waals surface area contributed by atoms with Crippen LogP contribution in [0.5, 0.6) is 0 Å². The van der Waals surface area contributed by atoms with Gasteiger partial charge in [-0.3, -0.25) is 0 Å². The smallest absolute Gasteiger partial charge is 0.0502 e. The molecule has 6 aromatic rings. The zero-order valence-electron chi connectivity index (χ0n) is 29.2. The lowest BCUT2D eigenvalue weighted by Gasteiger charge is -2.42. The van der Waals surface area contributed by atoms with Gasteiger partial charge in [-0.2, -0.15) is 0 Å². The summed E-state index contributed by atoms with van der Waals surface area (Å²) in [4.78, 5) is 4.77. The molecule has 0 amide bonds. The van der Waals surface area contributed by atoms with Gasteiger partial charge >= 0.3 is 0 Å². The predicted molar refractivity (Wildman–Crippen MR) is 204 cm³/mol. The molecule has 0 unspecified atom stereocenters. The average molecular weight is 631 g/mol. The van der Waals surface area contributed by atoms with Crippen LogP contribution in [0.4, 0.5) is 34.1 Å². The highest BCUT2D eigenvalue weighted by molar-refractivity contribution is 5.87. The summed E-state index contributed by atoms with van der Waals surface area (Å²) in [5.74, 6) is 0. The average Bonchev–Trinajstić information content (AvgIpc) is 3.11. The molecule has 0 atom stereocenters. The van der Waals surface area contributed by atoms with Crippen molar-refractivity contribution in [1.82, 2.24) is 0 Å². The van der Waals surface area contributed by atoms with E-state index in [0.717, 1.165) is 7.11 Å². The first-order valence-corrected chi connectivity index (χ1v) is 16.7. The summed E-state index contributed by atoms with van der Waals surface area (Å²) in [7, 11) is 1.00. The molecule has 242 valence electrons. The highest BCUT2D eigenvalue weighted by Gasteiger charge is 2.37. The molecule has 48 heavy (non-hydrogen) atoms. The molecule has 0 fully saturated rings. The van der Waals surface area contributed by atoms with Crippen molar-refractivity contribution in [2.45, 2.75) is 52.4 Å². The molecule has 0 radical (unpaired) electrons. The van der Waals surface area contributed by atoms with Gasteiger partial charge in [0.1, 0.15) is 0 Å². The van der Waals surface area contributed by atoms with E-state index in [2.05, 4.69) is 197 Å². The molecule has 2 aliphatic rings. The number of fused-ring (bicyclic) bond motifs is 4. The van der Waals surface area contributed by atoms with Gasteiger partial charge in [-0.05, 0) is 84.6 Å². The Morgan fingerprint density at radius 1 is 0.354 bits per heavy atom. The highest BCUT2D eigenvalue weighted by atomic mass is 16.2. The maximum absolute atomic E-state index is 7.00. The number of hydrogen-bond acceptors (Lipinski definition) is 3. The molecule has 6 aromatic carbocycles. The number of benzene rings is 6. The zero-order chi connectivity index (χ0) is 34.1. The number of anilines is 6. The van der Waals surface area contributed by atoms with Crippen LogP contribution in [-0.2, 0) is 10.8 Å². The molecule has 0 spiro atoms. The van der Waals surface area contributed by atoms with Crippen LogP contribution in [0, 0.1) is 13.8 Å². The third-order valence-electron chi connectivity index (χ3n) is 9.86. The van der Waals surface area contributed by atoms with Crippen molar-refractivity contribution in [3.63, 3.8) is 0 Å². The Hall–Kier alpha value is -5.12. The van der Waals surface area contributed by atoms with E-state index in [0.29, 0.717) is 0 Å². The molecule has 3 nitrogen and oxygen atoms in total. The lowest BCUT2D eigenvalue weighted by atomic mass is 9.73. The summed E-state index contributed by atoms with van der Waals surface area (Å²) in [6, 6.07) is 52.6. The first-order valence-electron chi connectivity index (χ1n) is 16.7. The van der Waals surface area contributed by atoms with Gasteiger partial charge in [0, 0.05) is 29.3 Å². The van der Waals surface area contributed by atoms with E-state index in [-0.39, 0.29) is 10.8 Å². The van der Waals surface area contributed by atoms with Gasteiger partial charge in [-0.25, -0.2) is 0 Å². The number of hydrogen-bond donors (Lipinski definition) is 1. The fourth-order valence-corrected chi connectivity index (χ4v) is 7.28. The van der Waals surface area contributed by atoms with Crippen LogP contribution < -0.4 is 9.80 Å². The van der Waals surface area contributed by atoms with Crippen molar-refractivity contribution in [1.29, 1.82) is 0 Å². The third kappa shape index (κ3) is 5.69. The molecule has 0 aliphatic carbocycles. The molecular formula is C45H46N2O. The minimum Gasteiger partial charge on any atom is -0.400 e. The monoisotopic (exact) mass is 630 g/mol. The molecule has 2 heterocycles. The topological polar surface area (TPSA) is 26.7 Å². The van der Waals surface area contributed by atoms with Crippen LogP contribution in [-0.4, -0.2) is 12.2 Å². The van der Waals surface area contributed by atoms with Gasteiger partial charge in [0.05, 0.1) is 22.7 Å². The largest absolute Gasteiger partial charge is 0.400 e. The van der Waals surface area contributed by atoms with E-state index in [1.54, 1.807) is 0 Å². The Kier molecular flexibility index (Phi) is 9.01. The molecule has 0 bridgehead atoms. The number of rotatable bonds is 2. The van der Waals surface area contributed by atoms with E-state index in [4.69, 9.17) is 5.11 Å². The van der Waals surface area contributed by atoms with Gasteiger partial charge in [0.15, 0.2) is 0 Å². The number of para-hydroxylation sites is 4. The standard InChI is InChI=1S/2C22H21N.CH4O/c2*1-16-12-14-17(15-13-16)23-20-10-6-4-8-18(20)22(2,3)19-9-5-7-11-21(19)23;1-2/h2*4-15H,1-3H3;2H,1H3. The second-order valence-corrected chi connectivity index (χ2v) is 13.7. The zero-order valence-corrected chi connectivity index (χ0v) is 29.2. The first kappa shape index (κ1) is 32.8. The molecule has 0 aromatic heterocycles. The summed E-state index contributed by atoms with van der Waals surface area (Å²) in [6.07, 6.45) is 0. The van der Waals surface area contributed by atoms with Gasteiger partial charge in [0.25, 0.3) is 0 Å². The minimum atomic E-state index is 0.00832. The van der Waals surface area contributed by atoms with Gasteiger partial charge in [-0.1, -0.05) is 136 Å². The summed E-state index contributed by atoms with van der Waals surface area (Å²) in [5, 5.41) is 7.00. The van der Waals surface area contributed by atoms with Crippen LogP contribution in [0.3, 0.4) is 0 Å². The summed E-state index contributed by atoms with van der Waals surface area (Å²) < 4.78 is 0. The Morgan fingerprint density at radius 2 is 0.583 bits per heavy atom. The van der Waals surface area contributed by atoms with Crippen molar-refractivity contribution in [3.05, 3.63) is 179 Å². The second kappa shape index (κ2) is 13.2. The van der Waals surface area contributed by atoms with Gasteiger partial charge in [-0.15, -0.1) is 0 Å². The van der Waals surface area contributed by atoms with Crippen molar-refractivity contribution in [2.75, 3.05) is 16.9 Å². The maximum atomic E-state index is 7.00. The fourth-order valence-electron chi connectivity index (χ4n) is 7.28. The van der Waals surface area contributed by atoms with Crippen molar-refractivity contribution < 1.29 is 5.11 Å². The van der Waals surface area contributed by atoms with Crippen LogP contribution >= 0.6 is 0 Å². The lowest BCUT2D eigenvalue weighted by Crippen LogP contribution is -2.30. The predicted octanol–water partition coefficient (Wildman–Crippen LogP) is 11.8. The Balaban J connectivity index is 0.000000159. The fraction of sp³-hybridized carbons (Fsp3) is 0.200. The molecule has 1 N–H and O–H groups in total. The lowest BCUT2D eigenvalue weighted by molar-refractivity contribution is 0.399. The Labute approximate surface area is 286 Å². The van der Waals surface area contributed by atoms with Crippen LogP contribution in [0.25, 0.3) is 0 Å². The minimum absolute atomic E-state index is 0.00832. The highest BCUT2D eigenvalue weighted by Crippen LogP contribution is 2.52. The van der Waals surface area contributed by atoms with Crippen molar-refractivity contribution in [3.8, 4) is 0 Å². The molecule has 0 saturated heterocycles. The quantitative estimate of drug-likeness (QED) is 0.206. The second-order valence-electron chi connectivity index (χ2n) is 13.7. The Bertz CT molecular complexity index is 1770. The van der Waals surface area contributed by atoms with Gasteiger partial charge in [0.2, 0.25) is 0 Å². The number of aliphatic hydroxyl groups is 1. The molecule has 3 heteroatoms. The van der Waals surface area contributed by atoms with Crippen LogP contribution in [0.1, 0.15) is 61.1 Å². The van der Waals surface area contributed by atoms with E-state index in [1.165, 1.54) is 67.5 Å². The number of aryl methyl sites for hydroxylation is 2. The van der Waals surface area contributed by atoms with Crippen molar-refractivity contribution >= 4 is 34.1 Å². The van der Waals surface area contributed by atoms with E-state index in [9.17, 15) is 0 Å². The molecule has 8 rings (SSSR count). The third-order valence-corrected chi connectivity index (χ3v) is 9.86. The van der Waals surface area contributed by atoms with E-state index >= 15 is 0 Å². The summed E-state index contributed by atoms with van der Waals surface area (Å²) >= 11 is 0. The maximum Gasteiger partial charge on any atom is 0.0502 e. The van der Waals surface area contributed by atoms with Crippen molar-refractivity contribution in [2.24, 2.45) is 0 Å². The first-order chi connectivity index (χ1) is 23.2. The normalized spacial score (nSPS) is 14.5. The van der Waals surface area contributed by atoms with E-state index in [1.807, 2.05) is 0 Å². The molecule has 2 aliphatic heterocycles. The Morgan fingerprint density at radius 3 is 0.833 bits per heavy atom.